The molecule has 1 fully saturated rings. The second-order valence-corrected chi connectivity index (χ2v) is 5.82. The van der Waals surface area contributed by atoms with Crippen LogP contribution >= 0.6 is 11.6 Å². The number of anilines is 2. The second kappa shape index (κ2) is 7.64. The van der Waals surface area contributed by atoms with Gasteiger partial charge in [-0.1, -0.05) is 11.6 Å². The SMILES string of the molecule is CN(CCCC(=O)Nc1cc(Cl)ccc1N)C1CCOC1. The molecule has 0 bridgehead atoms. The molecule has 0 saturated carbocycles. The summed E-state index contributed by atoms with van der Waals surface area (Å²) in [6.45, 7) is 2.51. The first-order chi connectivity index (χ1) is 10.1. The van der Waals surface area contributed by atoms with Crippen molar-refractivity contribution in [3.63, 3.8) is 0 Å². The maximum absolute atomic E-state index is 11.9. The predicted molar refractivity (Wildman–Crippen MR) is 85.6 cm³/mol. The fourth-order valence-electron chi connectivity index (χ4n) is 2.39. The molecule has 0 aliphatic carbocycles. The molecule has 1 heterocycles. The number of carbonyl (C=O) groups is 1. The average Bonchev–Trinajstić information content (AvgIpc) is 2.97. The molecule has 1 saturated heterocycles. The third-order valence-corrected chi connectivity index (χ3v) is 3.97. The lowest BCUT2D eigenvalue weighted by Crippen LogP contribution is -2.33. The molecule has 21 heavy (non-hydrogen) atoms. The normalized spacial score (nSPS) is 18.1. The Bertz CT molecular complexity index is 490. The number of halogens is 1. The van der Waals surface area contributed by atoms with Crippen molar-refractivity contribution < 1.29 is 9.53 Å². The maximum atomic E-state index is 11.9. The summed E-state index contributed by atoms with van der Waals surface area (Å²) in [6.07, 6.45) is 2.34. The van der Waals surface area contributed by atoms with Crippen LogP contribution in [0, 0.1) is 0 Å². The number of likely N-dealkylation sites (N-methyl/N-ethyl adjacent to an activating group) is 1. The lowest BCUT2D eigenvalue weighted by molar-refractivity contribution is -0.116. The molecule has 1 aliphatic rings. The van der Waals surface area contributed by atoms with E-state index in [1.54, 1.807) is 18.2 Å². The van der Waals surface area contributed by atoms with Gasteiger partial charge in [-0.25, -0.2) is 0 Å². The highest BCUT2D eigenvalue weighted by Gasteiger charge is 2.19. The van der Waals surface area contributed by atoms with Gasteiger partial charge in [-0.3, -0.25) is 4.79 Å². The quantitative estimate of drug-likeness (QED) is 0.791. The van der Waals surface area contributed by atoms with Crippen molar-refractivity contribution in [1.29, 1.82) is 0 Å². The number of amides is 1. The molecule has 1 aromatic rings. The minimum Gasteiger partial charge on any atom is -0.397 e. The van der Waals surface area contributed by atoms with Crippen molar-refractivity contribution in [2.24, 2.45) is 0 Å². The molecular weight excluding hydrogens is 290 g/mol. The minimum atomic E-state index is -0.0416. The molecule has 1 unspecified atom stereocenters. The first-order valence-corrected chi connectivity index (χ1v) is 7.57. The number of hydrogen-bond donors (Lipinski definition) is 2. The average molecular weight is 312 g/mol. The number of rotatable bonds is 6. The molecule has 6 heteroatoms. The molecule has 1 aromatic carbocycles. The number of nitrogens with zero attached hydrogens (tertiary/aromatic N) is 1. The highest BCUT2D eigenvalue weighted by Crippen LogP contribution is 2.23. The van der Waals surface area contributed by atoms with Gasteiger partial charge >= 0.3 is 0 Å². The Morgan fingerprint density at radius 3 is 3.10 bits per heavy atom. The van der Waals surface area contributed by atoms with Crippen LogP contribution in [0.1, 0.15) is 19.3 Å². The van der Waals surface area contributed by atoms with Gasteiger partial charge in [0.05, 0.1) is 18.0 Å². The van der Waals surface area contributed by atoms with Crippen LogP contribution < -0.4 is 11.1 Å². The van der Waals surface area contributed by atoms with Gasteiger partial charge in [0.15, 0.2) is 0 Å². The smallest absolute Gasteiger partial charge is 0.224 e. The van der Waals surface area contributed by atoms with Crippen LogP contribution in [-0.4, -0.2) is 43.7 Å². The predicted octanol–water partition coefficient (Wildman–Crippen LogP) is 2.36. The van der Waals surface area contributed by atoms with Crippen LogP contribution in [0.3, 0.4) is 0 Å². The Hall–Kier alpha value is -1.30. The highest BCUT2D eigenvalue weighted by molar-refractivity contribution is 6.31. The number of carbonyl (C=O) groups excluding carboxylic acids is 1. The lowest BCUT2D eigenvalue weighted by Gasteiger charge is -2.22. The standard InChI is InChI=1S/C15H22ClN3O2/c1-19(12-6-8-21-10-12)7-2-3-15(20)18-14-9-11(16)4-5-13(14)17/h4-5,9,12H,2-3,6-8,10,17H2,1H3,(H,18,20). The molecule has 3 N–H and O–H groups in total. The van der Waals surface area contributed by atoms with Gasteiger partial charge in [-0.2, -0.15) is 0 Å². The zero-order valence-electron chi connectivity index (χ0n) is 12.3. The Morgan fingerprint density at radius 2 is 2.38 bits per heavy atom. The van der Waals surface area contributed by atoms with Gasteiger partial charge in [0.2, 0.25) is 5.91 Å². The minimum absolute atomic E-state index is 0.0416. The maximum Gasteiger partial charge on any atom is 0.224 e. The number of benzene rings is 1. The molecule has 1 amide bonds. The van der Waals surface area contributed by atoms with Gasteiger partial charge in [0.1, 0.15) is 0 Å². The van der Waals surface area contributed by atoms with Gasteiger partial charge in [0, 0.05) is 24.1 Å². The van der Waals surface area contributed by atoms with E-state index in [4.69, 9.17) is 22.1 Å². The summed E-state index contributed by atoms with van der Waals surface area (Å²) in [5, 5.41) is 3.36. The fraction of sp³-hybridized carbons (Fsp3) is 0.533. The Balaban J connectivity index is 1.73. The number of hydrogen-bond acceptors (Lipinski definition) is 4. The van der Waals surface area contributed by atoms with Gasteiger partial charge in [-0.15, -0.1) is 0 Å². The summed E-state index contributed by atoms with van der Waals surface area (Å²) in [5.74, 6) is -0.0416. The van der Waals surface area contributed by atoms with Crippen molar-refractivity contribution in [2.45, 2.75) is 25.3 Å². The van der Waals surface area contributed by atoms with E-state index in [0.717, 1.165) is 32.6 Å². The van der Waals surface area contributed by atoms with E-state index in [9.17, 15) is 4.79 Å². The topological polar surface area (TPSA) is 67.6 Å². The third kappa shape index (κ3) is 4.88. The van der Waals surface area contributed by atoms with Crippen LogP contribution in [0.5, 0.6) is 0 Å². The van der Waals surface area contributed by atoms with Crippen LogP contribution in [0.4, 0.5) is 11.4 Å². The van der Waals surface area contributed by atoms with Crippen molar-refractivity contribution >= 4 is 28.9 Å². The van der Waals surface area contributed by atoms with Crippen LogP contribution in [0.25, 0.3) is 0 Å². The molecule has 1 atom stereocenters. The molecule has 0 radical (unpaired) electrons. The van der Waals surface area contributed by atoms with E-state index in [1.807, 2.05) is 0 Å². The van der Waals surface area contributed by atoms with E-state index in [2.05, 4.69) is 17.3 Å². The zero-order chi connectivity index (χ0) is 15.2. The van der Waals surface area contributed by atoms with Gasteiger partial charge < -0.3 is 20.7 Å². The Kier molecular flexibility index (Phi) is 5.85. The van der Waals surface area contributed by atoms with E-state index in [1.165, 1.54) is 0 Å². The molecular formula is C15H22ClN3O2. The van der Waals surface area contributed by atoms with Crippen LogP contribution in [0.15, 0.2) is 18.2 Å². The van der Waals surface area contributed by atoms with Crippen molar-refractivity contribution in [1.82, 2.24) is 4.90 Å². The largest absolute Gasteiger partial charge is 0.397 e. The first kappa shape index (κ1) is 16.1. The van der Waals surface area contributed by atoms with Crippen LogP contribution in [0.2, 0.25) is 5.02 Å². The summed E-state index contributed by atoms with van der Waals surface area (Å²) in [6, 6.07) is 5.53. The van der Waals surface area contributed by atoms with Crippen LogP contribution in [-0.2, 0) is 9.53 Å². The molecule has 0 spiro atoms. The van der Waals surface area contributed by atoms with Crippen molar-refractivity contribution in [3.8, 4) is 0 Å². The highest BCUT2D eigenvalue weighted by atomic mass is 35.5. The van der Waals surface area contributed by atoms with Gasteiger partial charge in [-0.05, 0) is 44.6 Å². The number of nitrogens with two attached hydrogens (primary N) is 1. The van der Waals surface area contributed by atoms with Crippen molar-refractivity contribution in [2.75, 3.05) is 37.9 Å². The molecule has 5 nitrogen and oxygen atoms in total. The Morgan fingerprint density at radius 1 is 1.57 bits per heavy atom. The monoisotopic (exact) mass is 311 g/mol. The second-order valence-electron chi connectivity index (χ2n) is 5.38. The lowest BCUT2D eigenvalue weighted by atomic mass is 10.2. The zero-order valence-corrected chi connectivity index (χ0v) is 13.0. The summed E-state index contributed by atoms with van der Waals surface area (Å²) >= 11 is 5.89. The summed E-state index contributed by atoms with van der Waals surface area (Å²) in [5.41, 5.74) is 6.90. The number of nitrogen functional groups attached to an aromatic ring is 1. The summed E-state index contributed by atoms with van der Waals surface area (Å²) in [4.78, 5) is 14.2. The van der Waals surface area contributed by atoms with Gasteiger partial charge in [0.25, 0.3) is 0 Å². The van der Waals surface area contributed by atoms with E-state index >= 15 is 0 Å². The number of nitrogens with one attached hydrogen (secondary N) is 1. The molecule has 2 rings (SSSR count). The van der Waals surface area contributed by atoms with E-state index in [-0.39, 0.29) is 5.91 Å². The molecule has 0 aromatic heterocycles. The molecule has 116 valence electrons. The first-order valence-electron chi connectivity index (χ1n) is 7.19. The van der Waals surface area contributed by atoms with E-state index < -0.39 is 0 Å². The van der Waals surface area contributed by atoms with Crippen molar-refractivity contribution in [3.05, 3.63) is 23.2 Å². The molecule has 1 aliphatic heterocycles. The number of ether oxygens (including phenoxy) is 1. The fourth-order valence-corrected chi connectivity index (χ4v) is 2.56. The summed E-state index contributed by atoms with van der Waals surface area (Å²) < 4.78 is 5.36. The Labute approximate surface area is 130 Å². The third-order valence-electron chi connectivity index (χ3n) is 3.73. The van der Waals surface area contributed by atoms with E-state index in [0.29, 0.717) is 28.9 Å². The summed E-state index contributed by atoms with van der Waals surface area (Å²) in [7, 11) is 2.08.